The van der Waals surface area contributed by atoms with Gasteiger partial charge in [0.2, 0.25) is 5.95 Å². The zero-order valence-electron chi connectivity index (χ0n) is 21.2. The smallest absolute Gasteiger partial charge is 0.244 e. The predicted octanol–water partition coefficient (Wildman–Crippen LogP) is 5.67. The minimum atomic E-state index is -2.04. The maximum Gasteiger partial charge on any atom is 0.244 e. The number of aromatic nitrogens is 4. The fraction of sp³-hybridized carbons (Fsp3) is 0.773. The monoisotopic (exact) mass is 482 g/mol. The molecule has 0 amide bonds. The summed E-state index contributed by atoms with van der Waals surface area (Å²) in [6.45, 7) is 22.8. The second-order valence-corrected chi connectivity index (χ2v) is 21.4. The van der Waals surface area contributed by atoms with Crippen LogP contribution in [0, 0.1) is 5.95 Å². The van der Waals surface area contributed by atoms with E-state index in [9.17, 15) is 4.39 Å². The molecule has 10 heteroatoms. The van der Waals surface area contributed by atoms with Gasteiger partial charge >= 0.3 is 0 Å². The fourth-order valence-corrected chi connectivity index (χ4v) is 5.61. The molecule has 2 aromatic heterocycles. The largest absolute Gasteiger partial charge is 0.414 e. The summed E-state index contributed by atoms with van der Waals surface area (Å²) in [5.41, 5.74) is 0.582. The molecule has 0 spiro atoms. The highest BCUT2D eigenvalue weighted by molar-refractivity contribution is 6.74. The molecule has 0 N–H and O–H groups in total. The molecule has 32 heavy (non-hydrogen) atoms. The molecule has 1 aliphatic rings. The summed E-state index contributed by atoms with van der Waals surface area (Å²) >= 11 is 0. The first-order valence-corrected chi connectivity index (χ1v) is 17.2. The van der Waals surface area contributed by atoms with Crippen molar-refractivity contribution in [1.82, 2.24) is 19.5 Å². The number of halogens is 1. The lowest BCUT2D eigenvalue weighted by molar-refractivity contribution is -0.0383. The van der Waals surface area contributed by atoms with Gasteiger partial charge in [-0.15, -0.1) is 0 Å². The number of hydrogen-bond donors (Lipinski definition) is 0. The lowest BCUT2D eigenvalue weighted by Gasteiger charge is -2.40. The summed E-state index contributed by atoms with van der Waals surface area (Å²) in [6.07, 6.45) is 2.74. The molecular formula is C22H39FN4O3Si2. The van der Waals surface area contributed by atoms with Gasteiger partial charge in [0.15, 0.2) is 27.8 Å². The number of imidazole rings is 1. The number of nitrogens with zero attached hydrogens (tertiary/aromatic N) is 4. The van der Waals surface area contributed by atoms with E-state index in [4.69, 9.17) is 13.6 Å². The van der Waals surface area contributed by atoms with Gasteiger partial charge < -0.3 is 13.6 Å². The van der Waals surface area contributed by atoms with Crippen LogP contribution in [0.15, 0.2) is 12.7 Å². The molecule has 1 saturated heterocycles. The van der Waals surface area contributed by atoms with E-state index in [1.54, 1.807) is 10.9 Å². The average Bonchev–Trinajstić information content (AvgIpc) is 3.22. The van der Waals surface area contributed by atoms with E-state index >= 15 is 0 Å². The summed E-state index contributed by atoms with van der Waals surface area (Å²) in [7, 11) is -3.99. The van der Waals surface area contributed by atoms with Gasteiger partial charge in [-0.2, -0.15) is 4.39 Å². The molecule has 0 bridgehead atoms. The second-order valence-electron chi connectivity index (χ2n) is 11.8. The predicted molar refractivity (Wildman–Crippen MR) is 129 cm³/mol. The summed E-state index contributed by atoms with van der Waals surface area (Å²) in [4.78, 5) is 12.0. The van der Waals surface area contributed by atoms with Crippen LogP contribution in [-0.2, 0) is 13.6 Å². The molecule has 7 nitrogen and oxygen atoms in total. The SMILES string of the molecule is CC(C)(C)[Si](C)(C)OC[C@H]1O[C@@H](n2cnc3c(F)ncnc32)C[C@@H]1O[Si](C)(C)C(C)(C)C. The molecule has 180 valence electrons. The summed E-state index contributed by atoms with van der Waals surface area (Å²) in [6, 6.07) is 0. The minimum absolute atomic E-state index is 0.0774. The maximum absolute atomic E-state index is 14.1. The molecule has 3 heterocycles. The van der Waals surface area contributed by atoms with Crippen LogP contribution in [0.1, 0.15) is 54.2 Å². The summed E-state index contributed by atoms with van der Waals surface area (Å²) in [5.74, 6) is -0.626. The van der Waals surface area contributed by atoms with Crippen molar-refractivity contribution in [2.75, 3.05) is 6.61 Å². The van der Waals surface area contributed by atoms with Gasteiger partial charge in [-0.05, 0) is 36.3 Å². The quantitative estimate of drug-likeness (QED) is 0.390. The zero-order valence-corrected chi connectivity index (χ0v) is 23.2. The van der Waals surface area contributed by atoms with Gasteiger partial charge in [0.25, 0.3) is 0 Å². The molecular weight excluding hydrogens is 443 g/mol. The van der Waals surface area contributed by atoms with E-state index in [0.717, 1.165) is 0 Å². The Hall–Kier alpha value is -1.21. The summed E-state index contributed by atoms with van der Waals surface area (Å²) in [5, 5.41) is 0.184. The van der Waals surface area contributed by atoms with Crippen molar-refractivity contribution in [2.24, 2.45) is 0 Å². The molecule has 0 aromatic carbocycles. The number of ether oxygens (including phenoxy) is 1. The minimum Gasteiger partial charge on any atom is -0.414 e. The van der Waals surface area contributed by atoms with Crippen LogP contribution in [0.25, 0.3) is 11.2 Å². The Kier molecular flexibility index (Phi) is 6.78. The van der Waals surface area contributed by atoms with E-state index in [1.165, 1.54) is 6.33 Å². The first kappa shape index (κ1) is 25.4. The molecule has 2 aromatic rings. The third-order valence-electron chi connectivity index (χ3n) is 7.47. The van der Waals surface area contributed by atoms with Crippen LogP contribution in [0.3, 0.4) is 0 Å². The van der Waals surface area contributed by atoms with Crippen molar-refractivity contribution in [3.05, 3.63) is 18.6 Å². The van der Waals surface area contributed by atoms with E-state index < -0.39 is 22.6 Å². The Bertz CT molecular complexity index is 953. The van der Waals surface area contributed by atoms with E-state index in [1.807, 2.05) is 0 Å². The highest BCUT2D eigenvalue weighted by atomic mass is 28.4. The highest BCUT2D eigenvalue weighted by Crippen LogP contribution is 2.42. The van der Waals surface area contributed by atoms with E-state index in [0.29, 0.717) is 18.7 Å². The van der Waals surface area contributed by atoms with Crippen molar-refractivity contribution in [2.45, 2.75) is 103 Å². The number of fused-ring (bicyclic) bond motifs is 1. The van der Waals surface area contributed by atoms with Gasteiger partial charge in [0.1, 0.15) is 18.7 Å². The Balaban J connectivity index is 1.87. The van der Waals surface area contributed by atoms with Crippen LogP contribution in [0.4, 0.5) is 4.39 Å². The molecule has 0 saturated carbocycles. The molecule has 1 fully saturated rings. The zero-order chi connectivity index (χ0) is 24.1. The molecule has 3 atom stereocenters. The normalized spacial score (nSPS) is 23.3. The molecule has 0 unspecified atom stereocenters. The van der Waals surface area contributed by atoms with Crippen molar-refractivity contribution < 1.29 is 18.0 Å². The van der Waals surface area contributed by atoms with Crippen LogP contribution in [-0.4, -0.2) is 55.0 Å². The molecule has 0 radical (unpaired) electrons. The Morgan fingerprint density at radius 2 is 1.66 bits per heavy atom. The Labute approximate surface area is 193 Å². The molecule has 3 rings (SSSR count). The van der Waals surface area contributed by atoms with E-state index in [-0.39, 0.29) is 34.0 Å². The molecule has 0 aliphatic carbocycles. The van der Waals surface area contributed by atoms with Crippen molar-refractivity contribution in [3.63, 3.8) is 0 Å². The number of hydrogen-bond acceptors (Lipinski definition) is 6. The standard InChI is InChI=1S/C22H39FN4O3Si2/c1-21(2,3)31(7,8)28-12-16-15(30-32(9,10)22(4,5)6)11-17(29-16)27-14-26-18-19(23)24-13-25-20(18)27/h13-17H,11-12H2,1-10H3/t15-,16+,17+/m0/s1. The lowest BCUT2D eigenvalue weighted by Crippen LogP contribution is -2.48. The van der Waals surface area contributed by atoms with Crippen LogP contribution in [0.5, 0.6) is 0 Å². The Morgan fingerprint density at radius 3 is 2.25 bits per heavy atom. The third-order valence-corrected chi connectivity index (χ3v) is 16.5. The van der Waals surface area contributed by atoms with Gasteiger partial charge in [-0.1, -0.05) is 41.5 Å². The van der Waals surface area contributed by atoms with Gasteiger partial charge in [-0.25, -0.2) is 15.0 Å². The average molecular weight is 483 g/mol. The van der Waals surface area contributed by atoms with Crippen LogP contribution >= 0.6 is 0 Å². The lowest BCUT2D eigenvalue weighted by atomic mass is 10.2. The van der Waals surface area contributed by atoms with Gasteiger partial charge in [-0.3, -0.25) is 4.57 Å². The highest BCUT2D eigenvalue weighted by Gasteiger charge is 2.46. The third kappa shape index (κ3) is 4.99. The van der Waals surface area contributed by atoms with Crippen LogP contribution in [0.2, 0.25) is 36.3 Å². The van der Waals surface area contributed by atoms with E-state index in [2.05, 4.69) is 82.7 Å². The molecule has 1 aliphatic heterocycles. The Morgan fingerprint density at radius 1 is 1.03 bits per heavy atom. The topological polar surface area (TPSA) is 71.3 Å². The first-order valence-electron chi connectivity index (χ1n) is 11.3. The van der Waals surface area contributed by atoms with Crippen LogP contribution < -0.4 is 0 Å². The van der Waals surface area contributed by atoms with Crippen molar-refractivity contribution in [3.8, 4) is 0 Å². The number of rotatable bonds is 6. The van der Waals surface area contributed by atoms with Gasteiger partial charge in [0, 0.05) is 6.42 Å². The maximum atomic E-state index is 14.1. The first-order chi connectivity index (χ1) is 14.5. The van der Waals surface area contributed by atoms with Gasteiger partial charge in [0.05, 0.1) is 19.0 Å². The van der Waals surface area contributed by atoms with Crippen molar-refractivity contribution in [1.29, 1.82) is 0 Å². The second kappa shape index (κ2) is 8.54. The fourth-order valence-electron chi connectivity index (χ4n) is 3.24. The summed E-state index contributed by atoms with van der Waals surface area (Å²) < 4.78 is 35.6. The van der Waals surface area contributed by atoms with Crippen molar-refractivity contribution >= 4 is 27.8 Å².